The van der Waals surface area contributed by atoms with E-state index < -0.39 is 0 Å². The van der Waals surface area contributed by atoms with E-state index in [1.165, 1.54) is 17.0 Å². The van der Waals surface area contributed by atoms with E-state index in [-0.39, 0.29) is 5.91 Å². The summed E-state index contributed by atoms with van der Waals surface area (Å²) in [5, 5.41) is 4.12. The van der Waals surface area contributed by atoms with Gasteiger partial charge in [-0.1, -0.05) is 18.2 Å². The Bertz CT molecular complexity index is 769. The number of carbonyl (C=O) groups excluding carboxylic acids is 1. The maximum atomic E-state index is 11.7. The zero-order valence-electron chi connectivity index (χ0n) is 12.2. The van der Waals surface area contributed by atoms with Gasteiger partial charge < -0.3 is 14.3 Å². The summed E-state index contributed by atoms with van der Waals surface area (Å²) in [4.78, 5) is 11.7. The predicted molar refractivity (Wildman–Crippen MR) is 87.3 cm³/mol. The van der Waals surface area contributed by atoms with Gasteiger partial charge in [0.1, 0.15) is 5.76 Å². The molecule has 0 spiro atoms. The normalized spacial score (nSPS) is 11.3. The maximum absolute atomic E-state index is 11.7. The van der Waals surface area contributed by atoms with Crippen LogP contribution in [0.25, 0.3) is 17.0 Å². The Labute approximate surface area is 129 Å². The van der Waals surface area contributed by atoms with Gasteiger partial charge in [0.2, 0.25) is 5.91 Å². The summed E-state index contributed by atoms with van der Waals surface area (Å²) in [5.74, 6) is 0.572. The van der Waals surface area contributed by atoms with Crippen LogP contribution >= 0.6 is 0 Å². The highest BCUT2D eigenvalue weighted by Crippen LogP contribution is 2.15. The van der Waals surface area contributed by atoms with Gasteiger partial charge in [-0.3, -0.25) is 4.79 Å². The Balaban J connectivity index is 1.44. The van der Waals surface area contributed by atoms with Crippen LogP contribution in [-0.2, 0) is 11.3 Å². The lowest BCUT2D eigenvalue weighted by Crippen LogP contribution is -2.23. The molecule has 0 aliphatic heterocycles. The second-order valence-electron chi connectivity index (χ2n) is 5.06. The first-order valence-electron chi connectivity index (χ1n) is 7.36. The van der Waals surface area contributed by atoms with Gasteiger partial charge in [0.25, 0.3) is 0 Å². The van der Waals surface area contributed by atoms with Crippen LogP contribution in [-0.4, -0.2) is 17.0 Å². The van der Waals surface area contributed by atoms with Crippen molar-refractivity contribution in [3.8, 4) is 0 Å². The monoisotopic (exact) mass is 294 g/mol. The van der Waals surface area contributed by atoms with Crippen LogP contribution in [0.2, 0.25) is 0 Å². The molecule has 0 saturated carbocycles. The third-order valence-electron chi connectivity index (χ3n) is 3.50. The molecule has 0 unspecified atom stereocenters. The summed E-state index contributed by atoms with van der Waals surface area (Å²) in [6, 6.07) is 14.0. The third kappa shape index (κ3) is 3.47. The summed E-state index contributed by atoms with van der Waals surface area (Å²) >= 11 is 0. The van der Waals surface area contributed by atoms with Crippen LogP contribution in [0.15, 0.2) is 65.4 Å². The van der Waals surface area contributed by atoms with Crippen molar-refractivity contribution >= 4 is 22.9 Å². The van der Waals surface area contributed by atoms with Crippen LogP contribution < -0.4 is 5.32 Å². The van der Waals surface area contributed by atoms with E-state index in [1.54, 1.807) is 24.5 Å². The van der Waals surface area contributed by atoms with Crippen molar-refractivity contribution in [1.29, 1.82) is 0 Å². The molecule has 0 aliphatic carbocycles. The molecule has 2 aromatic heterocycles. The minimum absolute atomic E-state index is 0.103. The molecule has 2 heterocycles. The lowest BCUT2D eigenvalue weighted by Gasteiger charge is -2.06. The average molecular weight is 294 g/mol. The lowest BCUT2D eigenvalue weighted by molar-refractivity contribution is -0.116. The lowest BCUT2D eigenvalue weighted by atomic mass is 10.2. The Morgan fingerprint density at radius 1 is 1.18 bits per heavy atom. The largest absolute Gasteiger partial charge is 0.465 e. The number of amides is 1. The van der Waals surface area contributed by atoms with Gasteiger partial charge in [-0.25, -0.2) is 0 Å². The molecule has 112 valence electrons. The van der Waals surface area contributed by atoms with E-state index in [0.717, 1.165) is 13.0 Å². The first-order valence-corrected chi connectivity index (χ1v) is 7.36. The minimum atomic E-state index is -0.103. The molecule has 0 radical (unpaired) electrons. The number of furan rings is 1. The van der Waals surface area contributed by atoms with Crippen LogP contribution in [0.5, 0.6) is 0 Å². The molecule has 0 atom stereocenters. The number of nitrogens with one attached hydrogen (secondary N) is 1. The number of rotatable bonds is 6. The van der Waals surface area contributed by atoms with Crippen molar-refractivity contribution < 1.29 is 9.21 Å². The summed E-state index contributed by atoms with van der Waals surface area (Å²) < 4.78 is 7.34. The molecule has 3 aromatic rings. The number of nitrogens with zero attached hydrogens (tertiary/aromatic N) is 1. The van der Waals surface area contributed by atoms with Gasteiger partial charge in [0, 0.05) is 30.9 Å². The summed E-state index contributed by atoms with van der Waals surface area (Å²) in [6.45, 7) is 1.53. The number of hydrogen-bond donors (Lipinski definition) is 1. The number of fused-ring (bicyclic) bond motifs is 1. The van der Waals surface area contributed by atoms with Crippen molar-refractivity contribution in [2.75, 3.05) is 6.54 Å². The van der Waals surface area contributed by atoms with Gasteiger partial charge in [-0.2, -0.15) is 0 Å². The number of carbonyl (C=O) groups is 1. The summed E-state index contributed by atoms with van der Waals surface area (Å²) in [5.41, 5.74) is 1.23. The minimum Gasteiger partial charge on any atom is -0.465 e. The molecular formula is C18H18N2O2. The van der Waals surface area contributed by atoms with Crippen LogP contribution in [0, 0.1) is 0 Å². The highest BCUT2D eigenvalue weighted by molar-refractivity contribution is 5.91. The fourth-order valence-electron chi connectivity index (χ4n) is 2.40. The molecule has 3 rings (SSSR count). The zero-order valence-corrected chi connectivity index (χ0v) is 12.2. The van der Waals surface area contributed by atoms with Gasteiger partial charge in [0.15, 0.2) is 0 Å². The highest BCUT2D eigenvalue weighted by Gasteiger charge is 2.00. The van der Waals surface area contributed by atoms with Gasteiger partial charge >= 0.3 is 0 Å². The second-order valence-corrected chi connectivity index (χ2v) is 5.06. The number of aromatic nitrogens is 1. The molecule has 1 amide bonds. The molecule has 0 bridgehead atoms. The fourth-order valence-corrected chi connectivity index (χ4v) is 2.40. The van der Waals surface area contributed by atoms with Crippen LogP contribution in [0.4, 0.5) is 0 Å². The van der Waals surface area contributed by atoms with E-state index >= 15 is 0 Å². The van der Waals surface area contributed by atoms with Gasteiger partial charge in [-0.05, 0) is 42.1 Å². The van der Waals surface area contributed by atoms with Crippen LogP contribution in [0.3, 0.4) is 0 Å². The van der Waals surface area contributed by atoms with Crippen molar-refractivity contribution in [3.63, 3.8) is 0 Å². The molecule has 0 saturated heterocycles. The van der Waals surface area contributed by atoms with E-state index in [9.17, 15) is 4.79 Å². The highest BCUT2D eigenvalue weighted by atomic mass is 16.3. The molecule has 4 heteroatoms. The topological polar surface area (TPSA) is 47.2 Å². The molecule has 4 nitrogen and oxygen atoms in total. The number of aryl methyl sites for hydroxylation is 1. The number of hydrogen-bond acceptors (Lipinski definition) is 2. The Hall–Kier alpha value is -2.75. The quantitative estimate of drug-likeness (QED) is 0.559. The first kappa shape index (κ1) is 14.2. The van der Waals surface area contributed by atoms with Crippen molar-refractivity contribution in [2.45, 2.75) is 13.0 Å². The van der Waals surface area contributed by atoms with E-state index in [2.05, 4.69) is 34.3 Å². The fraction of sp³-hybridized carbons (Fsp3) is 0.167. The van der Waals surface area contributed by atoms with E-state index in [0.29, 0.717) is 12.3 Å². The maximum Gasteiger partial charge on any atom is 0.244 e. The molecule has 0 fully saturated rings. The van der Waals surface area contributed by atoms with E-state index in [4.69, 9.17) is 4.42 Å². The Morgan fingerprint density at radius 2 is 2.09 bits per heavy atom. The predicted octanol–water partition coefficient (Wildman–Crippen LogP) is 3.45. The first-order chi connectivity index (χ1) is 10.8. The third-order valence-corrected chi connectivity index (χ3v) is 3.50. The summed E-state index contributed by atoms with van der Waals surface area (Å²) in [6.07, 6.45) is 7.71. The van der Waals surface area contributed by atoms with Crippen molar-refractivity contribution in [2.24, 2.45) is 0 Å². The molecule has 1 N–H and O–H groups in total. The second kappa shape index (κ2) is 6.80. The van der Waals surface area contributed by atoms with Crippen molar-refractivity contribution in [3.05, 3.63) is 66.8 Å². The number of benzene rings is 1. The zero-order chi connectivity index (χ0) is 15.2. The molecule has 22 heavy (non-hydrogen) atoms. The van der Waals surface area contributed by atoms with E-state index in [1.807, 2.05) is 12.1 Å². The van der Waals surface area contributed by atoms with Gasteiger partial charge in [0.05, 0.1) is 6.26 Å². The molecular weight excluding hydrogens is 276 g/mol. The summed E-state index contributed by atoms with van der Waals surface area (Å²) in [7, 11) is 0. The Kier molecular flexibility index (Phi) is 4.39. The Morgan fingerprint density at radius 3 is 2.95 bits per heavy atom. The molecule has 1 aromatic carbocycles. The smallest absolute Gasteiger partial charge is 0.244 e. The van der Waals surface area contributed by atoms with Gasteiger partial charge in [-0.15, -0.1) is 0 Å². The van der Waals surface area contributed by atoms with Crippen molar-refractivity contribution in [1.82, 2.24) is 9.88 Å². The molecule has 0 aliphatic rings. The standard InChI is InChI=1S/C18H18N2O2/c21-18(9-8-16-6-3-14-22-16)19-11-4-12-20-13-10-15-5-1-2-7-17(15)20/h1-3,5-10,13-14H,4,11-12H2,(H,19,21). The average Bonchev–Trinajstić information content (AvgIpc) is 3.19. The SMILES string of the molecule is O=C(C=Cc1ccco1)NCCCn1ccc2ccccc21. The van der Waals surface area contributed by atoms with Crippen LogP contribution in [0.1, 0.15) is 12.2 Å². The number of para-hydroxylation sites is 1.